The molecule has 0 N–H and O–H groups in total. The van der Waals surface area contributed by atoms with Gasteiger partial charge in [-0.25, -0.2) is 8.78 Å². The first-order chi connectivity index (χ1) is 10.1. The Hall–Kier alpha value is -0.670. The number of esters is 1. The van der Waals surface area contributed by atoms with E-state index >= 15 is 0 Å². The van der Waals surface area contributed by atoms with Gasteiger partial charge in [-0.3, -0.25) is 4.79 Å². The van der Waals surface area contributed by atoms with Gasteiger partial charge in [0.25, 0.3) is 0 Å². The van der Waals surface area contributed by atoms with Gasteiger partial charge in [-0.15, -0.1) is 0 Å². The highest BCUT2D eigenvalue weighted by Crippen LogP contribution is 2.34. The van der Waals surface area contributed by atoms with E-state index in [2.05, 4.69) is 6.92 Å². The number of carbonyl (C=O) groups excluding carboxylic acids is 1. The first kappa shape index (κ1) is 16.7. The zero-order valence-electron chi connectivity index (χ0n) is 13.0. The largest absolute Gasteiger partial charge is 0.462 e. The van der Waals surface area contributed by atoms with E-state index in [0.717, 1.165) is 31.6 Å². The van der Waals surface area contributed by atoms with Crippen LogP contribution in [0.3, 0.4) is 0 Å². The minimum absolute atomic E-state index is 0.0240. The maximum Gasteiger partial charge on any atom is 0.309 e. The molecule has 4 heteroatoms. The van der Waals surface area contributed by atoms with Crippen molar-refractivity contribution >= 4 is 5.97 Å². The Bertz CT molecular complexity index is 327. The highest BCUT2D eigenvalue weighted by atomic mass is 19.2. The normalized spacial score (nSPS) is 37.2. The standard InChI is InChI=1S/C17H28F2O2/c1-2-3-4-12-5-7-13(8-6-12)17(20)21-14-9-10-15(18)16(19)11-14/h12-16H,2-11H2,1H3. The van der Waals surface area contributed by atoms with E-state index in [9.17, 15) is 13.6 Å². The van der Waals surface area contributed by atoms with Gasteiger partial charge in [0, 0.05) is 6.42 Å². The van der Waals surface area contributed by atoms with Gasteiger partial charge in [-0.2, -0.15) is 0 Å². The summed E-state index contributed by atoms with van der Waals surface area (Å²) in [5, 5.41) is 0. The number of rotatable bonds is 5. The van der Waals surface area contributed by atoms with Crippen LogP contribution in [0.4, 0.5) is 8.78 Å². The number of ether oxygens (including phenoxy) is 1. The molecule has 122 valence electrons. The number of hydrogen-bond acceptors (Lipinski definition) is 2. The second kappa shape index (κ2) is 8.09. The van der Waals surface area contributed by atoms with Crippen LogP contribution in [0, 0.1) is 11.8 Å². The molecule has 2 saturated carbocycles. The van der Waals surface area contributed by atoms with Crippen molar-refractivity contribution in [2.24, 2.45) is 11.8 Å². The van der Waals surface area contributed by atoms with Crippen LogP contribution in [0.25, 0.3) is 0 Å². The van der Waals surface area contributed by atoms with E-state index in [1.54, 1.807) is 0 Å². The minimum atomic E-state index is -1.47. The van der Waals surface area contributed by atoms with Crippen molar-refractivity contribution in [2.45, 2.75) is 89.6 Å². The summed E-state index contributed by atoms with van der Waals surface area (Å²) in [5.41, 5.74) is 0. The van der Waals surface area contributed by atoms with E-state index in [-0.39, 0.29) is 24.7 Å². The van der Waals surface area contributed by atoms with Gasteiger partial charge in [0.2, 0.25) is 0 Å². The van der Waals surface area contributed by atoms with Crippen LogP contribution in [0.5, 0.6) is 0 Å². The number of halogens is 2. The Morgan fingerprint density at radius 3 is 2.38 bits per heavy atom. The molecule has 0 spiro atoms. The fraction of sp³-hybridized carbons (Fsp3) is 0.941. The molecule has 2 fully saturated rings. The zero-order valence-corrected chi connectivity index (χ0v) is 13.0. The van der Waals surface area contributed by atoms with Gasteiger partial charge in [0.15, 0.2) is 0 Å². The fourth-order valence-electron chi connectivity index (χ4n) is 3.59. The molecule has 0 bridgehead atoms. The lowest BCUT2D eigenvalue weighted by Gasteiger charge is -2.31. The average molecular weight is 302 g/mol. The van der Waals surface area contributed by atoms with Crippen molar-refractivity contribution in [3.63, 3.8) is 0 Å². The fourth-order valence-corrected chi connectivity index (χ4v) is 3.59. The molecule has 2 aliphatic rings. The SMILES string of the molecule is CCCCC1CCC(C(=O)OC2CCC(F)C(F)C2)CC1. The van der Waals surface area contributed by atoms with Crippen LogP contribution < -0.4 is 0 Å². The zero-order chi connectivity index (χ0) is 15.2. The lowest BCUT2D eigenvalue weighted by atomic mass is 9.80. The van der Waals surface area contributed by atoms with Crippen molar-refractivity contribution in [3.05, 3.63) is 0 Å². The predicted octanol–water partition coefficient (Wildman–Crippen LogP) is 4.75. The average Bonchev–Trinajstić information content (AvgIpc) is 2.49. The molecule has 2 aliphatic carbocycles. The molecule has 0 radical (unpaired) electrons. The second-order valence-corrected chi connectivity index (χ2v) is 6.76. The summed E-state index contributed by atoms with van der Waals surface area (Å²) in [4.78, 5) is 12.1. The topological polar surface area (TPSA) is 26.3 Å². The maximum absolute atomic E-state index is 13.3. The molecule has 0 aromatic rings. The van der Waals surface area contributed by atoms with Crippen molar-refractivity contribution < 1.29 is 18.3 Å². The van der Waals surface area contributed by atoms with Crippen molar-refractivity contribution in [2.75, 3.05) is 0 Å². The third kappa shape index (κ3) is 4.93. The van der Waals surface area contributed by atoms with E-state index in [1.807, 2.05) is 0 Å². The molecule has 2 nitrogen and oxygen atoms in total. The lowest BCUT2D eigenvalue weighted by Crippen LogP contribution is -2.35. The molecular weight excluding hydrogens is 274 g/mol. The first-order valence-corrected chi connectivity index (χ1v) is 8.58. The van der Waals surface area contributed by atoms with Crippen molar-refractivity contribution in [3.8, 4) is 0 Å². The summed E-state index contributed by atoms with van der Waals surface area (Å²) in [6.45, 7) is 2.20. The van der Waals surface area contributed by atoms with Crippen LogP contribution in [0.2, 0.25) is 0 Å². The van der Waals surface area contributed by atoms with Crippen LogP contribution in [0.1, 0.15) is 71.1 Å². The minimum Gasteiger partial charge on any atom is -0.462 e. The summed E-state index contributed by atoms with van der Waals surface area (Å²) in [5.74, 6) is 0.550. The molecule has 0 heterocycles. The predicted molar refractivity (Wildman–Crippen MR) is 78.5 cm³/mol. The lowest BCUT2D eigenvalue weighted by molar-refractivity contribution is -0.159. The van der Waals surface area contributed by atoms with E-state index < -0.39 is 18.4 Å². The second-order valence-electron chi connectivity index (χ2n) is 6.76. The van der Waals surface area contributed by atoms with E-state index in [1.165, 1.54) is 19.3 Å². The van der Waals surface area contributed by atoms with E-state index in [0.29, 0.717) is 6.42 Å². The third-order valence-corrected chi connectivity index (χ3v) is 5.07. The third-order valence-electron chi connectivity index (χ3n) is 5.07. The number of alkyl halides is 2. The molecule has 2 rings (SSSR count). The molecule has 3 atom stereocenters. The summed E-state index contributed by atoms with van der Waals surface area (Å²) >= 11 is 0. The summed E-state index contributed by atoms with van der Waals surface area (Å²) in [6, 6.07) is 0. The number of unbranched alkanes of at least 4 members (excludes halogenated alkanes) is 1. The Balaban J connectivity index is 1.70. The van der Waals surface area contributed by atoms with Gasteiger partial charge < -0.3 is 4.74 Å². The number of carbonyl (C=O) groups is 1. The molecule has 0 aliphatic heterocycles. The number of hydrogen-bond donors (Lipinski definition) is 0. The van der Waals surface area contributed by atoms with Gasteiger partial charge in [-0.1, -0.05) is 26.2 Å². The molecule has 0 aromatic heterocycles. The van der Waals surface area contributed by atoms with Gasteiger partial charge >= 0.3 is 5.97 Å². The Labute approximate surface area is 126 Å². The summed E-state index contributed by atoms with van der Waals surface area (Å²) in [7, 11) is 0. The molecular formula is C17H28F2O2. The molecule has 21 heavy (non-hydrogen) atoms. The molecule has 0 aromatic carbocycles. The summed E-state index contributed by atoms with van der Waals surface area (Å²) in [6.07, 6.45) is 5.13. The Morgan fingerprint density at radius 1 is 1.05 bits per heavy atom. The molecule has 0 saturated heterocycles. The van der Waals surface area contributed by atoms with Gasteiger partial charge in [0.05, 0.1) is 5.92 Å². The van der Waals surface area contributed by atoms with Crippen LogP contribution >= 0.6 is 0 Å². The monoisotopic (exact) mass is 302 g/mol. The first-order valence-electron chi connectivity index (χ1n) is 8.58. The smallest absolute Gasteiger partial charge is 0.309 e. The van der Waals surface area contributed by atoms with E-state index in [4.69, 9.17) is 4.74 Å². The quantitative estimate of drug-likeness (QED) is 0.685. The summed E-state index contributed by atoms with van der Waals surface area (Å²) < 4.78 is 31.8. The van der Waals surface area contributed by atoms with Crippen LogP contribution in [-0.4, -0.2) is 24.4 Å². The van der Waals surface area contributed by atoms with Crippen molar-refractivity contribution in [1.29, 1.82) is 0 Å². The maximum atomic E-state index is 13.3. The Kier molecular flexibility index (Phi) is 6.43. The molecule has 3 unspecified atom stereocenters. The van der Waals surface area contributed by atoms with Crippen LogP contribution in [-0.2, 0) is 9.53 Å². The van der Waals surface area contributed by atoms with Crippen molar-refractivity contribution in [1.82, 2.24) is 0 Å². The Morgan fingerprint density at radius 2 is 1.76 bits per heavy atom. The van der Waals surface area contributed by atoms with Gasteiger partial charge in [0.1, 0.15) is 18.4 Å². The highest BCUT2D eigenvalue weighted by Gasteiger charge is 2.34. The van der Waals surface area contributed by atoms with Crippen LogP contribution in [0.15, 0.2) is 0 Å². The van der Waals surface area contributed by atoms with Gasteiger partial charge in [-0.05, 0) is 44.4 Å². The highest BCUT2D eigenvalue weighted by molar-refractivity contribution is 5.72. The molecule has 0 amide bonds.